The summed E-state index contributed by atoms with van der Waals surface area (Å²) in [5, 5.41) is 7.02. The van der Waals surface area contributed by atoms with Crippen LogP contribution in [0.4, 0.5) is 0 Å². The lowest BCUT2D eigenvalue weighted by atomic mass is 10.0. The van der Waals surface area contributed by atoms with Crippen LogP contribution >= 0.6 is 0 Å². The quantitative estimate of drug-likeness (QED) is 0.596. The molecule has 2 nitrogen and oxygen atoms in total. The van der Waals surface area contributed by atoms with Gasteiger partial charge in [-0.3, -0.25) is 0 Å². The van der Waals surface area contributed by atoms with Crippen LogP contribution in [0.3, 0.4) is 0 Å². The zero-order valence-corrected chi connectivity index (χ0v) is 12.6. The summed E-state index contributed by atoms with van der Waals surface area (Å²) in [5.41, 5.74) is 1.36. The summed E-state index contributed by atoms with van der Waals surface area (Å²) in [6, 6.07) is 10.6. The maximum atomic E-state index is 3.53. The highest BCUT2D eigenvalue weighted by Gasteiger charge is 1.99. The fourth-order valence-electron chi connectivity index (χ4n) is 2.28. The van der Waals surface area contributed by atoms with Gasteiger partial charge in [0.05, 0.1) is 0 Å². The minimum Gasteiger partial charge on any atom is -0.317 e. The minimum absolute atomic E-state index is 0.869. The van der Waals surface area contributed by atoms with Gasteiger partial charge < -0.3 is 10.6 Å². The molecule has 0 saturated heterocycles. The molecule has 0 fully saturated rings. The Bertz CT molecular complexity index is 297. The van der Waals surface area contributed by atoms with Gasteiger partial charge in [0.1, 0.15) is 0 Å². The number of rotatable bonds is 11. The van der Waals surface area contributed by atoms with Crippen LogP contribution in [0.5, 0.6) is 0 Å². The molecule has 0 spiro atoms. The van der Waals surface area contributed by atoms with Crippen LogP contribution in [-0.2, 0) is 6.54 Å². The van der Waals surface area contributed by atoms with E-state index in [9.17, 15) is 0 Å². The van der Waals surface area contributed by atoms with Crippen LogP contribution in [0, 0.1) is 5.92 Å². The molecule has 1 atom stereocenters. The minimum atomic E-state index is 0.869. The Morgan fingerprint density at radius 3 is 2.42 bits per heavy atom. The maximum Gasteiger partial charge on any atom is 0.0205 e. The first-order valence-corrected chi connectivity index (χ1v) is 7.78. The van der Waals surface area contributed by atoms with Crippen LogP contribution in [-0.4, -0.2) is 19.6 Å². The zero-order chi connectivity index (χ0) is 13.8. The first-order valence-electron chi connectivity index (χ1n) is 7.78. The highest BCUT2D eigenvalue weighted by Crippen LogP contribution is 2.08. The predicted octanol–water partition coefficient (Wildman–Crippen LogP) is 3.58. The van der Waals surface area contributed by atoms with Crippen molar-refractivity contribution in [2.24, 2.45) is 5.92 Å². The van der Waals surface area contributed by atoms with Crippen molar-refractivity contribution in [2.45, 2.75) is 46.1 Å². The third-order valence-electron chi connectivity index (χ3n) is 3.47. The average molecular weight is 262 g/mol. The van der Waals surface area contributed by atoms with E-state index < -0.39 is 0 Å². The number of benzene rings is 1. The molecule has 2 heteroatoms. The van der Waals surface area contributed by atoms with Gasteiger partial charge in [-0.15, -0.1) is 0 Å². The van der Waals surface area contributed by atoms with Crippen LogP contribution < -0.4 is 10.6 Å². The molecule has 0 aliphatic heterocycles. The van der Waals surface area contributed by atoms with Crippen molar-refractivity contribution in [3.8, 4) is 0 Å². The van der Waals surface area contributed by atoms with E-state index in [1.807, 2.05) is 0 Å². The van der Waals surface area contributed by atoms with Crippen LogP contribution in [0.25, 0.3) is 0 Å². The van der Waals surface area contributed by atoms with E-state index >= 15 is 0 Å². The Hall–Kier alpha value is -0.860. The monoisotopic (exact) mass is 262 g/mol. The Morgan fingerprint density at radius 1 is 0.947 bits per heavy atom. The van der Waals surface area contributed by atoms with Gasteiger partial charge in [-0.2, -0.15) is 0 Å². The molecule has 1 aromatic rings. The van der Waals surface area contributed by atoms with Crippen molar-refractivity contribution in [3.63, 3.8) is 0 Å². The first-order chi connectivity index (χ1) is 9.33. The Balaban J connectivity index is 1.86. The van der Waals surface area contributed by atoms with E-state index in [2.05, 4.69) is 54.8 Å². The van der Waals surface area contributed by atoms with E-state index in [-0.39, 0.29) is 0 Å². The second kappa shape index (κ2) is 11.0. The highest BCUT2D eigenvalue weighted by molar-refractivity contribution is 5.14. The van der Waals surface area contributed by atoms with Crippen LogP contribution in [0.1, 0.15) is 45.1 Å². The Labute approximate surface area is 119 Å². The molecular weight excluding hydrogens is 232 g/mol. The molecule has 1 unspecified atom stereocenters. The van der Waals surface area contributed by atoms with Crippen molar-refractivity contribution in [1.29, 1.82) is 0 Å². The summed E-state index contributed by atoms with van der Waals surface area (Å²) in [7, 11) is 0. The predicted molar refractivity (Wildman–Crippen MR) is 84.3 cm³/mol. The molecule has 2 N–H and O–H groups in total. The molecule has 108 valence electrons. The first kappa shape index (κ1) is 16.2. The molecule has 19 heavy (non-hydrogen) atoms. The zero-order valence-electron chi connectivity index (χ0n) is 12.6. The van der Waals surface area contributed by atoms with Crippen molar-refractivity contribution in [1.82, 2.24) is 10.6 Å². The third-order valence-corrected chi connectivity index (χ3v) is 3.47. The van der Waals surface area contributed by atoms with Crippen molar-refractivity contribution >= 4 is 0 Å². The molecule has 1 aromatic carbocycles. The van der Waals surface area contributed by atoms with E-state index in [1.165, 1.54) is 37.8 Å². The largest absolute Gasteiger partial charge is 0.317 e. The molecule has 0 saturated carbocycles. The van der Waals surface area contributed by atoms with Gasteiger partial charge in [0.15, 0.2) is 0 Å². The molecule has 0 aromatic heterocycles. The summed E-state index contributed by atoms with van der Waals surface area (Å²) in [5.74, 6) is 0.869. The smallest absolute Gasteiger partial charge is 0.0205 e. The normalized spacial score (nSPS) is 12.5. The molecule has 0 amide bonds. The van der Waals surface area contributed by atoms with Crippen molar-refractivity contribution in [3.05, 3.63) is 35.9 Å². The van der Waals surface area contributed by atoms with Crippen molar-refractivity contribution in [2.75, 3.05) is 19.6 Å². The van der Waals surface area contributed by atoms with Crippen LogP contribution in [0.15, 0.2) is 30.3 Å². The summed E-state index contributed by atoms with van der Waals surface area (Å²) in [4.78, 5) is 0. The molecular formula is C17H30N2. The molecule has 1 rings (SSSR count). The van der Waals surface area contributed by atoms with Gasteiger partial charge in [0, 0.05) is 6.54 Å². The van der Waals surface area contributed by atoms with Crippen molar-refractivity contribution < 1.29 is 0 Å². The summed E-state index contributed by atoms with van der Waals surface area (Å²) in [6.45, 7) is 8.98. The summed E-state index contributed by atoms with van der Waals surface area (Å²) in [6.07, 6.45) is 5.19. The van der Waals surface area contributed by atoms with E-state index in [0.717, 1.165) is 25.6 Å². The van der Waals surface area contributed by atoms with E-state index in [1.54, 1.807) is 0 Å². The third kappa shape index (κ3) is 8.79. The van der Waals surface area contributed by atoms with Gasteiger partial charge in [-0.05, 0) is 44.0 Å². The summed E-state index contributed by atoms with van der Waals surface area (Å²) >= 11 is 0. The molecule has 0 aliphatic rings. The molecule has 0 radical (unpaired) electrons. The van der Waals surface area contributed by atoms with Gasteiger partial charge >= 0.3 is 0 Å². The lowest BCUT2D eigenvalue weighted by molar-refractivity contribution is 0.462. The average Bonchev–Trinajstić information content (AvgIpc) is 2.43. The van der Waals surface area contributed by atoms with Gasteiger partial charge in [0.25, 0.3) is 0 Å². The van der Waals surface area contributed by atoms with E-state index in [4.69, 9.17) is 0 Å². The van der Waals surface area contributed by atoms with Gasteiger partial charge in [0.2, 0.25) is 0 Å². The standard InChI is InChI=1S/C17H30N2/c1-3-8-16(2)11-14-18-12-7-13-19-15-17-9-5-4-6-10-17/h4-6,9-10,16,18-19H,3,7-8,11-15H2,1-2H3. The lowest BCUT2D eigenvalue weighted by Gasteiger charge is -2.10. The lowest BCUT2D eigenvalue weighted by Crippen LogP contribution is -2.23. The van der Waals surface area contributed by atoms with Crippen LogP contribution in [0.2, 0.25) is 0 Å². The second-order valence-corrected chi connectivity index (χ2v) is 5.45. The number of hydrogen-bond donors (Lipinski definition) is 2. The van der Waals surface area contributed by atoms with Gasteiger partial charge in [-0.1, -0.05) is 57.0 Å². The summed E-state index contributed by atoms with van der Waals surface area (Å²) < 4.78 is 0. The number of hydrogen-bond acceptors (Lipinski definition) is 2. The highest BCUT2D eigenvalue weighted by atomic mass is 14.9. The fourth-order valence-corrected chi connectivity index (χ4v) is 2.28. The topological polar surface area (TPSA) is 24.1 Å². The molecule has 0 aliphatic carbocycles. The number of nitrogens with one attached hydrogen (secondary N) is 2. The Kier molecular flexibility index (Phi) is 9.38. The van der Waals surface area contributed by atoms with E-state index in [0.29, 0.717) is 0 Å². The fraction of sp³-hybridized carbons (Fsp3) is 0.647. The molecule has 0 heterocycles. The molecule has 0 bridgehead atoms. The second-order valence-electron chi connectivity index (χ2n) is 5.45. The SMILES string of the molecule is CCCC(C)CCNCCCNCc1ccccc1. The van der Waals surface area contributed by atoms with Gasteiger partial charge in [-0.25, -0.2) is 0 Å². The maximum absolute atomic E-state index is 3.53. The Morgan fingerprint density at radius 2 is 1.68 bits per heavy atom.